The van der Waals surface area contributed by atoms with Crippen LogP contribution in [0.1, 0.15) is 19.8 Å². The molecule has 11 heavy (non-hydrogen) atoms. The number of hydrogen-bond acceptors (Lipinski definition) is 3. The van der Waals surface area contributed by atoms with E-state index in [1.165, 1.54) is 12.8 Å². The topological polar surface area (TPSA) is 27.3 Å². The summed E-state index contributed by atoms with van der Waals surface area (Å²) in [7, 11) is 4.19. The first-order valence-corrected chi connectivity index (χ1v) is 4.37. The molecule has 3 heteroatoms. The molecule has 0 saturated carbocycles. The lowest BCUT2D eigenvalue weighted by Gasteiger charge is -2.09. The van der Waals surface area contributed by atoms with Crippen molar-refractivity contribution in [3.05, 3.63) is 0 Å². The van der Waals surface area contributed by atoms with Gasteiger partial charge in [0.25, 0.3) is 0 Å². The van der Waals surface area contributed by atoms with Crippen LogP contribution in [0, 0.1) is 0 Å². The largest absolute Gasteiger partial charge is 0.309 e. The highest BCUT2D eigenvalue weighted by atomic mass is 15.3. The maximum Gasteiger partial charge on any atom is 0.0112 e. The van der Waals surface area contributed by atoms with Crippen molar-refractivity contribution in [1.82, 2.24) is 15.8 Å². The minimum Gasteiger partial charge on any atom is -0.309 e. The summed E-state index contributed by atoms with van der Waals surface area (Å²) < 4.78 is 0. The van der Waals surface area contributed by atoms with E-state index in [-0.39, 0.29) is 0 Å². The van der Waals surface area contributed by atoms with Gasteiger partial charge in [0.15, 0.2) is 0 Å². The molecule has 0 spiro atoms. The van der Waals surface area contributed by atoms with Crippen molar-refractivity contribution in [2.75, 3.05) is 33.7 Å². The van der Waals surface area contributed by atoms with Crippen molar-refractivity contribution in [3.8, 4) is 0 Å². The smallest absolute Gasteiger partial charge is 0.0112 e. The first-order valence-electron chi connectivity index (χ1n) is 4.37. The Balaban J connectivity index is 2.80. The zero-order chi connectivity index (χ0) is 8.53. The van der Waals surface area contributed by atoms with E-state index in [1.54, 1.807) is 0 Å². The highest BCUT2D eigenvalue weighted by molar-refractivity contribution is 4.46. The minimum atomic E-state index is 1.05. The molecule has 3 nitrogen and oxygen atoms in total. The van der Waals surface area contributed by atoms with E-state index in [2.05, 4.69) is 36.8 Å². The third-order valence-corrected chi connectivity index (χ3v) is 1.41. The molecule has 0 aromatic rings. The molecule has 0 unspecified atom stereocenters. The molecule has 0 heterocycles. The predicted octanol–water partition coefficient (Wildman–Crippen LogP) is 0.442. The molecule has 0 aromatic carbocycles. The predicted molar refractivity (Wildman–Crippen MR) is 49.5 cm³/mol. The number of rotatable bonds is 7. The van der Waals surface area contributed by atoms with Gasteiger partial charge in [-0.25, -0.2) is 0 Å². The lowest BCUT2D eigenvalue weighted by molar-refractivity contribution is 0.385. The van der Waals surface area contributed by atoms with Crippen molar-refractivity contribution in [1.29, 1.82) is 0 Å². The molecule has 0 aliphatic rings. The summed E-state index contributed by atoms with van der Waals surface area (Å²) in [6.07, 6.45) is 2.38. The minimum absolute atomic E-state index is 1.05. The number of nitrogens with one attached hydrogen (secondary N) is 2. The average molecular weight is 159 g/mol. The monoisotopic (exact) mass is 159 g/mol. The van der Waals surface area contributed by atoms with Gasteiger partial charge in [-0.3, -0.25) is 10.9 Å². The molecular weight excluding hydrogens is 138 g/mol. The molecule has 0 rings (SSSR count). The molecule has 0 radical (unpaired) electrons. The molecule has 2 N–H and O–H groups in total. The molecule has 0 aliphatic heterocycles. The van der Waals surface area contributed by atoms with Crippen LogP contribution >= 0.6 is 0 Å². The Morgan fingerprint density at radius 1 is 1.09 bits per heavy atom. The standard InChI is InChI=1S/C8H21N3/c1-4-6-9-10-7-5-8-11(2)3/h9-10H,4-8H2,1-3H3. The van der Waals surface area contributed by atoms with Gasteiger partial charge in [0.1, 0.15) is 0 Å². The SMILES string of the molecule is CCCNNCCCN(C)C. The molecule has 0 bridgehead atoms. The van der Waals surface area contributed by atoms with Gasteiger partial charge in [0.2, 0.25) is 0 Å². The second-order valence-corrected chi connectivity index (χ2v) is 3.01. The van der Waals surface area contributed by atoms with Gasteiger partial charge in [-0.2, -0.15) is 0 Å². The molecular formula is C8H21N3. The quantitative estimate of drug-likeness (QED) is 0.417. The van der Waals surface area contributed by atoms with Crippen LogP contribution in [-0.2, 0) is 0 Å². The van der Waals surface area contributed by atoms with E-state index >= 15 is 0 Å². The lowest BCUT2D eigenvalue weighted by atomic mass is 10.4. The third kappa shape index (κ3) is 9.88. The molecule has 0 aromatic heterocycles. The normalized spacial score (nSPS) is 10.9. The Morgan fingerprint density at radius 2 is 1.73 bits per heavy atom. The summed E-state index contributed by atoms with van der Waals surface area (Å²) in [6.45, 7) is 5.43. The summed E-state index contributed by atoms with van der Waals surface area (Å²) >= 11 is 0. The maximum absolute atomic E-state index is 3.16. The fourth-order valence-electron chi connectivity index (χ4n) is 0.785. The van der Waals surface area contributed by atoms with E-state index in [0.717, 1.165) is 19.6 Å². The van der Waals surface area contributed by atoms with Crippen LogP contribution in [-0.4, -0.2) is 38.6 Å². The Labute approximate surface area is 70.1 Å². The summed E-state index contributed by atoms with van der Waals surface area (Å²) in [4.78, 5) is 2.20. The third-order valence-electron chi connectivity index (χ3n) is 1.41. The number of nitrogens with zero attached hydrogens (tertiary/aromatic N) is 1. The van der Waals surface area contributed by atoms with Crippen LogP contribution < -0.4 is 10.9 Å². The summed E-state index contributed by atoms with van der Waals surface area (Å²) in [5.41, 5.74) is 6.31. The van der Waals surface area contributed by atoms with Crippen molar-refractivity contribution < 1.29 is 0 Å². The second-order valence-electron chi connectivity index (χ2n) is 3.01. The van der Waals surface area contributed by atoms with Crippen molar-refractivity contribution in [3.63, 3.8) is 0 Å². The van der Waals surface area contributed by atoms with Gasteiger partial charge < -0.3 is 4.90 Å². The van der Waals surface area contributed by atoms with E-state index in [0.29, 0.717) is 0 Å². The first kappa shape index (κ1) is 10.9. The summed E-state index contributed by atoms with van der Waals surface area (Å²) in [5, 5.41) is 0. The van der Waals surface area contributed by atoms with Gasteiger partial charge >= 0.3 is 0 Å². The molecule has 68 valence electrons. The summed E-state index contributed by atoms with van der Waals surface area (Å²) in [6, 6.07) is 0. The zero-order valence-electron chi connectivity index (χ0n) is 7.98. The second kappa shape index (κ2) is 7.98. The van der Waals surface area contributed by atoms with Gasteiger partial charge in [-0.15, -0.1) is 0 Å². The molecule has 0 atom stereocenters. The van der Waals surface area contributed by atoms with Crippen LogP contribution in [0.15, 0.2) is 0 Å². The van der Waals surface area contributed by atoms with Crippen LogP contribution in [0.5, 0.6) is 0 Å². The Kier molecular flexibility index (Phi) is 7.89. The molecule has 0 aliphatic carbocycles. The maximum atomic E-state index is 3.16. The van der Waals surface area contributed by atoms with Crippen LogP contribution in [0.4, 0.5) is 0 Å². The molecule has 0 amide bonds. The molecule has 0 fully saturated rings. The van der Waals surface area contributed by atoms with E-state index in [9.17, 15) is 0 Å². The Bertz CT molecular complexity index is 73.7. The van der Waals surface area contributed by atoms with E-state index in [1.807, 2.05) is 0 Å². The first-order chi connectivity index (χ1) is 5.27. The Morgan fingerprint density at radius 3 is 2.27 bits per heavy atom. The number of hydrazine groups is 1. The fourth-order valence-corrected chi connectivity index (χ4v) is 0.785. The van der Waals surface area contributed by atoms with Crippen LogP contribution in [0.3, 0.4) is 0 Å². The zero-order valence-corrected chi connectivity index (χ0v) is 7.98. The van der Waals surface area contributed by atoms with E-state index < -0.39 is 0 Å². The van der Waals surface area contributed by atoms with Crippen molar-refractivity contribution in [2.24, 2.45) is 0 Å². The van der Waals surface area contributed by atoms with Crippen molar-refractivity contribution in [2.45, 2.75) is 19.8 Å². The lowest BCUT2D eigenvalue weighted by Crippen LogP contribution is -2.34. The van der Waals surface area contributed by atoms with Crippen LogP contribution in [0.2, 0.25) is 0 Å². The van der Waals surface area contributed by atoms with Gasteiger partial charge in [0, 0.05) is 13.1 Å². The van der Waals surface area contributed by atoms with Crippen molar-refractivity contribution >= 4 is 0 Å². The van der Waals surface area contributed by atoms with Gasteiger partial charge in [-0.1, -0.05) is 6.92 Å². The van der Waals surface area contributed by atoms with E-state index in [4.69, 9.17) is 0 Å². The summed E-state index contributed by atoms with van der Waals surface area (Å²) in [5.74, 6) is 0. The fraction of sp³-hybridized carbons (Fsp3) is 1.00. The van der Waals surface area contributed by atoms with Gasteiger partial charge in [-0.05, 0) is 33.5 Å². The van der Waals surface area contributed by atoms with Gasteiger partial charge in [0.05, 0.1) is 0 Å². The average Bonchev–Trinajstić information content (AvgIpc) is 1.96. The van der Waals surface area contributed by atoms with Crippen LogP contribution in [0.25, 0.3) is 0 Å². The Hall–Kier alpha value is -0.120. The number of hydrogen-bond donors (Lipinski definition) is 2. The highest BCUT2D eigenvalue weighted by Crippen LogP contribution is 1.79. The molecule has 0 saturated heterocycles. The highest BCUT2D eigenvalue weighted by Gasteiger charge is 1.88.